The second kappa shape index (κ2) is 6.43. The topological polar surface area (TPSA) is 26.3 Å². The Balaban J connectivity index is 2.04. The predicted molar refractivity (Wildman–Crippen MR) is 82.2 cm³/mol. The number of ether oxygens (including phenoxy) is 1. The SMILES string of the molecule is CCC[C@]1(C(C)=O)CC[C@H](c2ccc(OC)cc2)CC1. The summed E-state index contributed by atoms with van der Waals surface area (Å²) < 4.78 is 5.21. The average Bonchev–Trinajstić information content (AvgIpc) is 2.48. The first-order valence-electron chi connectivity index (χ1n) is 7.76. The van der Waals surface area contributed by atoms with Crippen molar-refractivity contribution >= 4 is 5.78 Å². The second-order valence-corrected chi connectivity index (χ2v) is 6.13. The maximum absolute atomic E-state index is 12.0. The van der Waals surface area contributed by atoms with Gasteiger partial charge >= 0.3 is 0 Å². The minimum atomic E-state index is -0.0300. The van der Waals surface area contributed by atoms with Crippen LogP contribution in [0.5, 0.6) is 5.75 Å². The van der Waals surface area contributed by atoms with Crippen molar-refractivity contribution < 1.29 is 9.53 Å². The molecule has 110 valence electrons. The molecular weight excluding hydrogens is 248 g/mol. The van der Waals surface area contributed by atoms with E-state index in [0.29, 0.717) is 11.7 Å². The summed E-state index contributed by atoms with van der Waals surface area (Å²) in [4.78, 5) is 12.0. The molecule has 0 spiro atoms. The normalized spacial score (nSPS) is 26.2. The fourth-order valence-corrected chi connectivity index (χ4v) is 3.64. The lowest BCUT2D eigenvalue weighted by molar-refractivity contribution is -0.129. The van der Waals surface area contributed by atoms with Crippen LogP contribution in [-0.4, -0.2) is 12.9 Å². The molecule has 0 heterocycles. The first-order valence-corrected chi connectivity index (χ1v) is 7.76. The van der Waals surface area contributed by atoms with Crippen LogP contribution in [0.15, 0.2) is 24.3 Å². The van der Waals surface area contributed by atoms with Gasteiger partial charge in [-0.3, -0.25) is 4.79 Å². The Kier molecular flexibility index (Phi) is 4.85. The smallest absolute Gasteiger partial charge is 0.135 e. The third kappa shape index (κ3) is 3.05. The predicted octanol–water partition coefficient (Wildman–Crippen LogP) is 4.73. The minimum Gasteiger partial charge on any atom is -0.497 e. The maximum atomic E-state index is 12.0. The highest BCUT2D eigenvalue weighted by Gasteiger charge is 2.38. The van der Waals surface area contributed by atoms with E-state index < -0.39 is 0 Å². The van der Waals surface area contributed by atoms with Gasteiger partial charge in [-0.15, -0.1) is 0 Å². The van der Waals surface area contributed by atoms with E-state index >= 15 is 0 Å². The molecule has 0 amide bonds. The number of Topliss-reactive ketones (excluding diaryl/α,β-unsaturated/α-hetero) is 1. The third-order valence-corrected chi connectivity index (χ3v) is 5.01. The number of ketones is 1. The molecule has 1 aromatic carbocycles. The van der Waals surface area contributed by atoms with Gasteiger partial charge < -0.3 is 4.74 Å². The Labute approximate surface area is 122 Å². The summed E-state index contributed by atoms with van der Waals surface area (Å²) in [5.41, 5.74) is 1.36. The summed E-state index contributed by atoms with van der Waals surface area (Å²) in [6.07, 6.45) is 6.52. The van der Waals surface area contributed by atoms with E-state index in [1.54, 1.807) is 14.0 Å². The fourth-order valence-electron chi connectivity index (χ4n) is 3.64. The zero-order valence-electron chi connectivity index (χ0n) is 12.9. The molecular formula is C18H26O2. The monoisotopic (exact) mass is 274 g/mol. The van der Waals surface area contributed by atoms with Crippen molar-refractivity contribution in [2.45, 2.75) is 58.3 Å². The van der Waals surface area contributed by atoms with Gasteiger partial charge in [-0.25, -0.2) is 0 Å². The van der Waals surface area contributed by atoms with Crippen molar-refractivity contribution in [3.8, 4) is 5.75 Å². The van der Waals surface area contributed by atoms with E-state index in [-0.39, 0.29) is 5.41 Å². The molecule has 1 aliphatic carbocycles. The first-order chi connectivity index (χ1) is 9.61. The Hall–Kier alpha value is -1.31. The molecule has 2 rings (SSSR count). The average molecular weight is 274 g/mol. The van der Waals surface area contributed by atoms with Gasteiger partial charge in [0.1, 0.15) is 11.5 Å². The van der Waals surface area contributed by atoms with Gasteiger partial charge in [0, 0.05) is 5.41 Å². The largest absolute Gasteiger partial charge is 0.497 e. The lowest BCUT2D eigenvalue weighted by atomic mass is 9.65. The van der Waals surface area contributed by atoms with Crippen LogP contribution in [-0.2, 0) is 4.79 Å². The molecule has 0 aliphatic heterocycles. The van der Waals surface area contributed by atoms with Crippen LogP contribution in [0.2, 0.25) is 0 Å². The number of hydrogen-bond acceptors (Lipinski definition) is 2. The van der Waals surface area contributed by atoms with Crippen molar-refractivity contribution in [3.63, 3.8) is 0 Å². The highest BCUT2D eigenvalue weighted by Crippen LogP contribution is 2.46. The number of rotatable bonds is 5. The van der Waals surface area contributed by atoms with Crippen molar-refractivity contribution in [2.24, 2.45) is 5.41 Å². The van der Waals surface area contributed by atoms with Crippen LogP contribution in [0.25, 0.3) is 0 Å². The molecule has 0 saturated heterocycles. The molecule has 2 heteroatoms. The van der Waals surface area contributed by atoms with Gasteiger partial charge in [-0.05, 0) is 62.6 Å². The number of carbonyl (C=O) groups excluding carboxylic acids is 1. The van der Waals surface area contributed by atoms with Gasteiger partial charge in [0.05, 0.1) is 7.11 Å². The summed E-state index contributed by atoms with van der Waals surface area (Å²) in [7, 11) is 1.70. The maximum Gasteiger partial charge on any atom is 0.135 e. The number of hydrogen-bond donors (Lipinski definition) is 0. The van der Waals surface area contributed by atoms with Crippen LogP contribution in [0.3, 0.4) is 0 Å². The molecule has 2 nitrogen and oxygen atoms in total. The summed E-state index contributed by atoms with van der Waals surface area (Å²) in [5.74, 6) is 1.91. The molecule has 1 aliphatic rings. The highest BCUT2D eigenvalue weighted by atomic mass is 16.5. The van der Waals surface area contributed by atoms with Crippen molar-refractivity contribution in [3.05, 3.63) is 29.8 Å². The second-order valence-electron chi connectivity index (χ2n) is 6.13. The van der Waals surface area contributed by atoms with Crippen molar-refractivity contribution in [2.75, 3.05) is 7.11 Å². The molecule has 0 atom stereocenters. The third-order valence-electron chi connectivity index (χ3n) is 5.01. The van der Waals surface area contributed by atoms with Gasteiger partial charge in [-0.2, -0.15) is 0 Å². The van der Waals surface area contributed by atoms with Crippen LogP contribution in [0.4, 0.5) is 0 Å². The van der Waals surface area contributed by atoms with E-state index in [1.165, 1.54) is 5.56 Å². The number of carbonyl (C=O) groups is 1. The molecule has 0 N–H and O–H groups in total. The quantitative estimate of drug-likeness (QED) is 0.776. The van der Waals surface area contributed by atoms with E-state index in [9.17, 15) is 4.79 Å². The lowest BCUT2D eigenvalue weighted by Crippen LogP contribution is -2.33. The Morgan fingerprint density at radius 2 is 1.85 bits per heavy atom. The van der Waals surface area contributed by atoms with Gasteiger partial charge in [0.2, 0.25) is 0 Å². The molecule has 0 unspecified atom stereocenters. The Bertz CT molecular complexity index is 439. The van der Waals surface area contributed by atoms with Crippen molar-refractivity contribution in [1.29, 1.82) is 0 Å². The van der Waals surface area contributed by atoms with Gasteiger partial charge in [-0.1, -0.05) is 25.5 Å². The molecule has 0 bridgehead atoms. The molecule has 1 fully saturated rings. The summed E-state index contributed by atoms with van der Waals surface area (Å²) >= 11 is 0. The fraction of sp³-hybridized carbons (Fsp3) is 0.611. The Morgan fingerprint density at radius 1 is 1.25 bits per heavy atom. The lowest BCUT2D eigenvalue weighted by Gasteiger charge is -2.38. The van der Waals surface area contributed by atoms with Crippen molar-refractivity contribution in [1.82, 2.24) is 0 Å². The highest BCUT2D eigenvalue weighted by molar-refractivity contribution is 5.82. The minimum absolute atomic E-state index is 0.0300. The molecule has 20 heavy (non-hydrogen) atoms. The molecule has 1 aromatic rings. The van der Waals surface area contributed by atoms with Gasteiger partial charge in [0.15, 0.2) is 0 Å². The number of benzene rings is 1. The zero-order chi connectivity index (χ0) is 14.6. The Morgan fingerprint density at radius 3 is 2.30 bits per heavy atom. The first kappa shape index (κ1) is 15.1. The number of methoxy groups -OCH3 is 1. The van der Waals surface area contributed by atoms with Crippen LogP contribution >= 0.6 is 0 Å². The standard InChI is InChI=1S/C18H26O2/c1-4-11-18(14(2)19)12-9-16(10-13-18)15-5-7-17(20-3)8-6-15/h5-8,16H,4,9-13H2,1-3H3/t16-,18-. The molecule has 1 saturated carbocycles. The van der Waals surface area contributed by atoms with Crippen LogP contribution in [0, 0.1) is 5.41 Å². The summed E-state index contributed by atoms with van der Waals surface area (Å²) in [6.45, 7) is 3.96. The van der Waals surface area contributed by atoms with E-state index in [4.69, 9.17) is 4.74 Å². The van der Waals surface area contributed by atoms with E-state index in [0.717, 1.165) is 44.3 Å². The molecule has 0 radical (unpaired) electrons. The molecule has 0 aromatic heterocycles. The van der Waals surface area contributed by atoms with Crippen LogP contribution in [0.1, 0.15) is 63.9 Å². The summed E-state index contributed by atoms with van der Waals surface area (Å²) in [6, 6.07) is 8.41. The van der Waals surface area contributed by atoms with Gasteiger partial charge in [0.25, 0.3) is 0 Å². The van der Waals surface area contributed by atoms with E-state index in [2.05, 4.69) is 19.1 Å². The zero-order valence-corrected chi connectivity index (χ0v) is 12.9. The van der Waals surface area contributed by atoms with E-state index in [1.807, 2.05) is 12.1 Å². The van der Waals surface area contributed by atoms with Crippen LogP contribution < -0.4 is 4.74 Å². The summed E-state index contributed by atoms with van der Waals surface area (Å²) in [5, 5.41) is 0.